The Labute approximate surface area is 141 Å². The van der Waals surface area contributed by atoms with Crippen LogP contribution in [0.4, 0.5) is 11.4 Å². The zero-order chi connectivity index (χ0) is 17.4. The van der Waals surface area contributed by atoms with Crippen molar-refractivity contribution in [1.82, 2.24) is 0 Å². The fourth-order valence-electron chi connectivity index (χ4n) is 3.07. The Kier molecular flexibility index (Phi) is 4.10. The number of hydrogen-bond donors (Lipinski definition) is 0. The maximum Gasteiger partial charge on any atom is 0.250 e. The van der Waals surface area contributed by atoms with Crippen LogP contribution in [0.25, 0.3) is 11.1 Å². The minimum atomic E-state index is -0.397. The van der Waals surface area contributed by atoms with Gasteiger partial charge in [-0.15, -0.1) is 0 Å². The molecule has 0 unspecified atom stereocenters. The number of nitrogens with zero attached hydrogens (tertiary/aromatic N) is 1. The minimum Gasteiger partial charge on any atom is -0.338 e. The molecule has 0 bridgehead atoms. The van der Waals surface area contributed by atoms with Gasteiger partial charge in [-0.3, -0.25) is 9.59 Å². The first-order chi connectivity index (χ1) is 11.4. The number of rotatable bonds is 4. The van der Waals surface area contributed by atoms with Crippen molar-refractivity contribution in [2.24, 2.45) is 0 Å². The first-order valence-electron chi connectivity index (χ1n) is 8.19. The van der Waals surface area contributed by atoms with Crippen LogP contribution in [0.5, 0.6) is 0 Å². The van der Waals surface area contributed by atoms with E-state index in [4.69, 9.17) is 0 Å². The standard InChI is InChI=1S/C21H21NO2/c1-5-22(17-8-6-7-13(2)11-17)19-18(20(23)21(19)24)16-10-9-14(3)15(4)12-16/h6-12H,5H2,1-4H3. The van der Waals surface area contributed by atoms with Crippen LogP contribution in [0.3, 0.4) is 0 Å². The number of anilines is 2. The normalized spacial score (nSPS) is 11.0. The minimum absolute atomic E-state index is 0.389. The SMILES string of the molecule is CCN(c1cccc(C)c1)c1c(-c2ccc(C)c(C)c2)c(=O)c1=O. The Morgan fingerprint density at radius 3 is 2.25 bits per heavy atom. The average Bonchev–Trinajstić information content (AvgIpc) is 2.57. The maximum absolute atomic E-state index is 12.3. The Balaban J connectivity index is 2.15. The summed E-state index contributed by atoms with van der Waals surface area (Å²) in [6.45, 7) is 8.69. The van der Waals surface area contributed by atoms with Gasteiger partial charge < -0.3 is 4.90 Å². The summed E-state index contributed by atoms with van der Waals surface area (Å²) in [5.41, 5.74) is 5.43. The molecule has 3 rings (SSSR count). The van der Waals surface area contributed by atoms with Crippen LogP contribution in [-0.4, -0.2) is 6.54 Å². The predicted octanol–water partition coefficient (Wildman–Crippen LogP) is 4.03. The highest BCUT2D eigenvalue weighted by molar-refractivity contribution is 5.86. The van der Waals surface area contributed by atoms with E-state index in [1.54, 1.807) is 0 Å². The first kappa shape index (κ1) is 16.2. The van der Waals surface area contributed by atoms with Gasteiger partial charge in [0.05, 0.1) is 5.56 Å². The summed E-state index contributed by atoms with van der Waals surface area (Å²) in [6, 6.07) is 13.9. The summed E-state index contributed by atoms with van der Waals surface area (Å²) in [4.78, 5) is 26.5. The van der Waals surface area contributed by atoms with Gasteiger partial charge in [-0.05, 0) is 62.1 Å². The molecule has 3 aromatic carbocycles. The van der Waals surface area contributed by atoms with E-state index in [1.165, 1.54) is 5.56 Å². The molecular weight excluding hydrogens is 298 g/mol. The molecular formula is C21H21NO2. The molecule has 24 heavy (non-hydrogen) atoms. The van der Waals surface area contributed by atoms with Gasteiger partial charge in [-0.2, -0.15) is 0 Å². The summed E-state index contributed by atoms with van der Waals surface area (Å²) < 4.78 is 0. The van der Waals surface area contributed by atoms with Crippen molar-refractivity contribution < 1.29 is 0 Å². The molecule has 0 aliphatic carbocycles. The molecule has 0 heterocycles. The van der Waals surface area contributed by atoms with Gasteiger partial charge in [-0.1, -0.05) is 30.3 Å². The molecule has 0 saturated carbocycles. The first-order valence-corrected chi connectivity index (χ1v) is 8.19. The van der Waals surface area contributed by atoms with Crippen LogP contribution < -0.4 is 15.8 Å². The molecule has 0 N–H and O–H groups in total. The fourth-order valence-corrected chi connectivity index (χ4v) is 3.07. The molecule has 122 valence electrons. The third-order valence-electron chi connectivity index (χ3n) is 4.58. The molecule has 3 heteroatoms. The maximum atomic E-state index is 12.3. The smallest absolute Gasteiger partial charge is 0.250 e. The van der Waals surface area contributed by atoms with Crippen LogP contribution in [0.1, 0.15) is 23.6 Å². The Bertz CT molecular complexity index is 978. The van der Waals surface area contributed by atoms with Crippen molar-refractivity contribution in [2.75, 3.05) is 11.4 Å². The largest absolute Gasteiger partial charge is 0.338 e. The summed E-state index contributed by atoms with van der Waals surface area (Å²) in [7, 11) is 0. The Morgan fingerprint density at radius 1 is 0.875 bits per heavy atom. The summed E-state index contributed by atoms with van der Waals surface area (Å²) in [5.74, 6) is 0. The molecule has 0 aliphatic rings. The number of aryl methyl sites for hydroxylation is 3. The van der Waals surface area contributed by atoms with Gasteiger partial charge in [0.1, 0.15) is 5.69 Å². The Hall–Kier alpha value is -2.68. The molecule has 0 atom stereocenters. The predicted molar refractivity (Wildman–Crippen MR) is 100 cm³/mol. The van der Waals surface area contributed by atoms with Crippen LogP contribution in [-0.2, 0) is 0 Å². The lowest BCUT2D eigenvalue weighted by Gasteiger charge is -2.27. The summed E-state index contributed by atoms with van der Waals surface area (Å²) >= 11 is 0. The molecule has 0 amide bonds. The van der Waals surface area contributed by atoms with Gasteiger partial charge in [-0.25, -0.2) is 0 Å². The molecule has 0 spiro atoms. The second-order valence-corrected chi connectivity index (χ2v) is 6.26. The Morgan fingerprint density at radius 2 is 1.62 bits per heavy atom. The van der Waals surface area contributed by atoms with Crippen molar-refractivity contribution in [3.05, 3.63) is 79.6 Å². The molecule has 3 aromatic rings. The number of hydrogen-bond acceptors (Lipinski definition) is 3. The van der Waals surface area contributed by atoms with Crippen molar-refractivity contribution in [3.8, 4) is 11.1 Å². The third kappa shape index (κ3) is 2.56. The second kappa shape index (κ2) is 6.08. The van der Waals surface area contributed by atoms with Crippen molar-refractivity contribution in [3.63, 3.8) is 0 Å². The van der Waals surface area contributed by atoms with E-state index >= 15 is 0 Å². The lowest BCUT2D eigenvalue weighted by Crippen LogP contribution is -2.40. The average molecular weight is 319 g/mol. The molecule has 0 radical (unpaired) electrons. The van der Waals surface area contributed by atoms with E-state index in [9.17, 15) is 9.59 Å². The van der Waals surface area contributed by atoms with E-state index in [2.05, 4.69) is 0 Å². The van der Waals surface area contributed by atoms with Crippen LogP contribution >= 0.6 is 0 Å². The van der Waals surface area contributed by atoms with E-state index in [0.717, 1.165) is 22.4 Å². The van der Waals surface area contributed by atoms with E-state index < -0.39 is 5.43 Å². The quantitative estimate of drug-likeness (QED) is 0.681. The van der Waals surface area contributed by atoms with E-state index in [-0.39, 0.29) is 5.43 Å². The van der Waals surface area contributed by atoms with Crippen molar-refractivity contribution in [2.45, 2.75) is 27.7 Å². The summed E-state index contributed by atoms with van der Waals surface area (Å²) in [5, 5.41) is 0. The fraction of sp³-hybridized carbons (Fsp3) is 0.238. The molecule has 3 nitrogen and oxygen atoms in total. The van der Waals surface area contributed by atoms with Crippen molar-refractivity contribution in [1.29, 1.82) is 0 Å². The molecule has 0 aliphatic heterocycles. The van der Waals surface area contributed by atoms with E-state index in [1.807, 2.05) is 75.1 Å². The topological polar surface area (TPSA) is 37.4 Å². The molecule has 0 aromatic heterocycles. The highest BCUT2D eigenvalue weighted by Crippen LogP contribution is 2.32. The molecule has 0 fully saturated rings. The van der Waals surface area contributed by atoms with Gasteiger partial charge >= 0.3 is 0 Å². The lowest BCUT2D eigenvalue weighted by atomic mass is 9.94. The van der Waals surface area contributed by atoms with Gasteiger partial charge in [0, 0.05) is 12.2 Å². The lowest BCUT2D eigenvalue weighted by molar-refractivity contribution is 1.00. The highest BCUT2D eigenvalue weighted by atomic mass is 16.2. The third-order valence-corrected chi connectivity index (χ3v) is 4.58. The highest BCUT2D eigenvalue weighted by Gasteiger charge is 2.27. The number of benzene rings is 2. The van der Waals surface area contributed by atoms with Gasteiger partial charge in [0.2, 0.25) is 5.43 Å². The van der Waals surface area contributed by atoms with Crippen LogP contribution in [0.15, 0.2) is 52.1 Å². The van der Waals surface area contributed by atoms with Gasteiger partial charge in [0.15, 0.2) is 0 Å². The van der Waals surface area contributed by atoms with Gasteiger partial charge in [0.25, 0.3) is 5.43 Å². The molecule has 0 saturated heterocycles. The van der Waals surface area contributed by atoms with E-state index in [0.29, 0.717) is 17.8 Å². The zero-order valence-electron chi connectivity index (χ0n) is 14.5. The second-order valence-electron chi connectivity index (χ2n) is 6.26. The van der Waals surface area contributed by atoms with Crippen LogP contribution in [0, 0.1) is 20.8 Å². The van der Waals surface area contributed by atoms with Crippen molar-refractivity contribution >= 4 is 11.4 Å². The monoisotopic (exact) mass is 319 g/mol. The van der Waals surface area contributed by atoms with Crippen LogP contribution in [0.2, 0.25) is 0 Å². The summed E-state index contributed by atoms with van der Waals surface area (Å²) in [6.07, 6.45) is 0. The zero-order valence-corrected chi connectivity index (χ0v) is 14.5.